The van der Waals surface area contributed by atoms with Crippen LogP contribution in [0.4, 0.5) is 0 Å². The Kier molecular flexibility index (Phi) is 5.62. The number of benzene rings is 1. The largest absolute Gasteiger partial charge is 0.496 e. The van der Waals surface area contributed by atoms with Crippen LogP contribution in [0.25, 0.3) is 0 Å². The van der Waals surface area contributed by atoms with Gasteiger partial charge < -0.3 is 14.4 Å². The lowest BCUT2D eigenvalue weighted by molar-refractivity contribution is 0.101. The van der Waals surface area contributed by atoms with E-state index in [1.54, 1.807) is 19.2 Å². The molecule has 0 spiro atoms. The number of Topliss-reactive ketones (excluding diaryl/α,β-unsaturated/α-hetero) is 1. The molecule has 4 nitrogen and oxygen atoms in total. The Bertz CT molecular complexity index is 487. The number of carbonyl (C=O) groups is 1. The zero-order chi connectivity index (χ0) is 15.2. The number of ketones is 1. The quantitative estimate of drug-likeness (QED) is 0.571. The summed E-state index contributed by atoms with van der Waals surface area (Å²) in [4.78, 5) is 14.0. The van der Waals surface area contributed by atoms with Crippen LogP contribution >= 0.6 is 0 Å². The summed E-state index contributed by atoms with van der Waals surface area (Å²) in [5.41, 5.74) is 0.593. The maximum atomic E-state index is 11.4. The van der Waals surface area contributed by atoms with Crippen LogP contribution in [-0.4, -0.2) is 43.5 Å². The summed E-state index contributed by atoms with van der Waals surface area (Å²) in [6, 6.07) is 6.09. The summed E-state index contributed by atoms with van der Waals surface area (Å²) in [6.07, 6.45) is 3.64. The number of ether oxygens (including phenoxy) is 2. The Labute approximate surface area is 127 Å². The zero-order valence-corrected chi connectivity index (χ0v) is 13.2. The predicted molar refractivity (Wildman–Crippen MR) is 83.4 cm³/mol. The van der Waals surface area contributed by atoms with Gasteiger partial charge in [0.05, 0.1) is 19.3 Å². The average molecular weight is 291 g/mol. The molecule has 1 atom stereocenters. The second-order valence-electron chi connectivity index (χ2n) is 5.65. The molecule has 1 unspecified atom stereocenters. The van der Waals surface area contributed by atoms with Gasteiger partial charge in [-0.15, -0.1) is 0 Å². The van der Waals surface area contributed by atoms with Gasteiger partial charge in [-0.05, 0) is 51.8 Å². The van der Waals surface area contributed by atoms with Gasteiger partial charge in [-0.25, -0.2) is 0 Å². The number of likely N-dealkylation sites (tertiary alicyclic amines) is 1. The first-order valence-electron chi connectivity index (χ1n) is 7.67. The van der Waals surface area contributed by atoms with E-state index in [1.807, 2.05) is 6.07 Å². The molecule has 0 N–H and O–H groups in total. The summed E-state index contributed by atoms with van der Waals surface area (Å²) in [7, 11) is 1.57. The number of hydrogen-bond donors (Lipinski definition) is 0. The maximum absolute atomic E-state index is 11.4. The Morgan fingerprint density at radius 1 is 1.43 bits per heavy atom. The van der Waals surface area contributed by atoms with E-state index in [0.717, 1.165) is 18.7 Å². The standard InChI is InChI=1S/C17H25NO3/c1-13-6-4-9-18(13)10-5-11-21-15-7-8-16(14(2)19)17(12-15)20-3/h7-8,12-13H,4-6,9-11H2,1-3H3. The molecule has 1 aliphatic rings. The molecular formula is C17H25NO3. The van der Waals surface area contributed by atoms with Crippen LogP contribution in [0.1, 0.15) is 43.5 Å². The number of carbonyl (C=O) groups excluding carboxylic acids is 1. The lowest BCUT2D eigenvalue weighted by atomic mass is 10.1. The van der Waals surface area contributed by atoms with Crippen molar-refractivity contribution in [1.82, 2.24) is 4.90 Å². The lowest BCUT2D eigenvalue weighted by Gasteiger charge is -2.20. The smallest absolute Gasteiger partial charge is 0.163 e. The maximum Gasteiger partial charge on any atom is 0.163 e. The van der Waals surface area contributed by atoms with Gasteiger partial charge in [0.15, 0.2) is 5.78 Å². The van der Waals surface area contributed by atoms with Crippen molar-refractivity contribution in [3.05, 3.63) is 23.8 Å². The van der Waals surface area contributed by atoms with Gasteiger partial charge in [0.2, 0.25) is 0 Å². The van der Waals surface area contributed by atoms with Gasteiger partial charge in [-0.2, -0.15) is 0 Å². The zero-order valence-electron chi connectivity index (χ0n) is 13.2. The van der Waals surface area contributed by atoms with E-state index in [0.29, 0.717) is 24.0 Å². The van der Waals surface area contributed by atoms with E-state index in [2.05, 4.69) is 11.8 Å². The summed E-state index contributed by atoms with van der Waals surface area (Å²) >= 11 is 0. The summed E-state index contributed by atoms with van der Waals surface area (Å²) < 4.78 is 11.0. The number of nitrogens with zero attached hydrogens (tertiary/aromatic N) is 1. The van der Waals surface area contributed by atoms with E-state index in [-0.39, 0.29) is 5.78 Å². The minimum Gasteiger partial charge on any atom is -0.496 e. The number of hydrogen-bond acceptors (Lipinski definition) is 4. The van der Waals surface area contributed by atoms with Crippen molar-refractivity contribution in [3.8, 4) is 11.5 Å². The third-order valence-electron chi connectivity index (χ3n) is 4.10. The fourth-order valence-corrected chi connectivity index (χ4v) is 2.83. The first-order valence-corrected chi connectivity index (χ1v) is 7.67. The van der Waals surface area contributed by atoms with Crippen LogP contribution in [-0.2, 0) is 0 Å². The predicted octanol–water partition coefficient (Wildman–Crippen LogP) is 3.15. The van der Waals surface area contributed by atoms with Gasteiger partial charge in [0.25, 0.3) is 0 Å². The molecular weight excluding hydrogens is 266 g/mol. The van der Waals surface area contributed by atoms with Gasteiger partial charge >= 0.3 is 0 Å². The third kappa shape index (κ3) is 4.21. The molecule has 0 aromatic heterocycles. The Morgan fingerprint density at radius 2 is 2.24 bits per heavy atom. The minimum absolute atomic E-state index is 0.00132. The molecule has 0 bridgehead atoms. The minimum atomic E-state index is 0.00132. The number of methoxy groups -OCH3 is 1. The fraction of sp³-hybridized carbons (Fsp3) is 0.588. The van der Waals surface area contributed by atoms with Crippen molar-refractivity contribution in [2.24, 2.45) is 0 Å². The molecule has 0 radical (unpaired) electrons. The normalized spacial score (nSPS) is 18.7. The SMILES string of the molecule is COc1cc(OCCCN2CCCC2C)ccc1C(C)=O. The van der Waals surface area contributed by atoms with Crippen molar-refractivity contribution in [2.75, 3.05) is 26.8 Å². The molecule has 2 rings (SSSR count). The van der Waals surface area contributed by atoms with E-state index < -0.39 is 0 Å². The molecule has 1 aromatic carbocycles. The van der Waals surface area contributed by atoms with Crippen molar-refractivity contribution in [2.45, 2.75) is 39.2 Å². The van der Waals surface area contributed by atoms with Crippen LogP contribution < -0.4 is 9.47 Å². The van der Waals surface area contributed by atoms with E-state index in [1.165, 1.54) is 26.3 Å². The first kappa shape index (κ1) is 15.8. The highest BCUT2D eigenvalue weighted by Crippen LogP contribution is 2.25. The Morgan fingerprint density at radius 3 is 2.86 bits per heavy atom. The molecule has 1 saturated heterocycles. The van der Waals surface area contributed by atoms with Gasteiger partial charge in [0, 0.05) is 18.7 Å². The van der Waals surface area contributed by atoms with Crippen LogP contribution in [0.3, 0.4) is 0 Å². The molecule has 0 amide bonds. The van der Waals surface area contributed by atoms with Crippen molar-refractivity contribution in [1.29, 1.82) is 0 Å². The second-order valence-corrected chi connectivity index (χ2v) is 5.65. The average Bonchev–Trinajstić information content (AvgIpc) is 2.88. The van der Waals surface area contributed by atoms with Crippen LogP contribution in [0.15, 0.2) is 18.2 Å². The van der Waals surface area contributed by atoms with Crippen molar-refractivity contribution < 1.29 is 14.3 Å². The molecule has 1 fully saturated rings. The van der Waals surface area contributed by atoms with E-state index in [9.17, 15) is 4.79 Å². The van der Waals surface area contributed by atoms with E-state index >= 15 is 0 Å². The molecule has 4 heteroatoms. The fourth-order valence-electron chi connectivity index (χ4n) is 2.83. The van der Waals surface area contributed by atoms with Gasteiger partial charge in [-0.1, -0.05) is 0 Å². The highest BCUT2D eigenvalue weighted by Gasteiger charge is 2.19. The lowest BCUT2D eigenvalue weighted by Crippen LogP contribution is -2.28. The molecule has 116 valence electrons. The highest BCUT2D eigenvalue weighted by molar-refractivity contribution is 5.97. The number of rotatable bonds is 7. The molecule has 0 aliphatic carbocycles. The second kappa shape index (κ2) is 7.46. The molecule has 1 heterocycles. The molecule has 1 aromatic rings. The highest BCUT2D eigenvalue weighted by atomic mass is 16.5. The van der Waals surface area contributed by atoms with Crippen LogP contribution in [0.2, 0.25) is 0 Å². The van der Waals surface area contributed by atoms with Crippen molar-refractivity contribution in [3.63, 3.8) is 0 Å². The molecule has 21 heavy (non-hydrogen) atoms. The molecule has 0 saturated carbocycles. The van der Waals surface area contributed by atoms with Gasteiger partial charge in [-0.3, -0.25) is 4.79 Å². The first-order chi connectivity index (χ1) is 10.1. The molecule has 1 aliphatic heterocycles. The summed E-state index contributed by atoms with van der Waals surface area (Å²) in [6.45, 7) is 6.81. The van der Waals surface area contributed by atoms with Crippen LogP contribution in [0.5, 0.6) is 11.5 Å². The topological polar surface area (TPSA) is 38.8 Å². The van der Waals surface area contributed by atoms with Crippen molar-refractivity contribution >= 4 is 5.78 Å². The third-order valence-corrected chi connectivity index (χ3v) is 4.10. The Balaban J connectivity index is 1.81. The van der Waals surface area contributed by atoms with E-state index in [4.69, 9.17) is 9.47 Å². The Hall–Kier alpha value is -1.55. The van der Waals surface area contributed by atoms with Crippen LogP contribution in [0, 0.1) is 0 Å². The monoisotopic (exact) mass is 291 g/mol. The summed E-state index contributed by atoms with van der Waals surface area (Å²) in [5, 5.41) is 0. The summed E-state index contributed by atoms with van der Waals surface area (Å²) in [5.74, 6) is 1.33. The van der Waals surface area contributed by atoms with Gasteiger partial charge in [0.1, 0.15) is 11.5 Å².